The summed E-state index contributed by atoms with van der Waals surface area (Å²) in [5.41, 5.74) is 12.3. The zero-order valence-corrected chi connectivity index (χ0v) is 30.7. The first-order chi connectivity index (χ1) is 28.0. The van der Waals surface area contributed by atoms with Gasteiger partial charge in [-0.2, -0.15) is 10.5 Å². The van der Waals surface area contributed by atoms with Crippen molar-refractivity contribution in [1.82, 2.24) is 9.13 Å². The lowest BCUT2D eigenvalue weighted by Crippen LogP contribution is -1.97. The van der Waals surface area contributed by atoms with Crippen molar-refractivity contribution in [3.63, 3.8) is 0 Å². The summed E-state index contributed by atoms with van der Waals surface area (Å²) < 4.78 is 17.5. The van der Waals surface area contributed by atoms with Crippen molar-refractivity contribution in [3.8, 4) is 34.6 Å². The average Bonchev–Trinajstić information content (AvgIpc) is 3.99. The minimum absolute atomic E-state index is 0.467. The molecule has 6 heteroatoms. The number of hydrogen-bond donors (Lipinski definition) is 0. The average molecular weight is 731 g/mol. The van der Waals surface area contributed by atoms with Crippen molar-refractivity contribution in [2.75, 3.05) is 0 Å². The van der Waals surface area contributed by atoms with Crippen LogP contribution in [-0.4, -0.2) is 9.13 Å². The van der Waals surface area contributed by atoms with E-state index in [0.717, 1.165) is 110 Å². The number of nitriles is 2. The van der Waals surface area contributed by atoms with Gasteiger partial charge in [-0.3, -0.25) is 0 Å². The van der Waals surface area contributed by atoms with E-state index >= 15 is 0 Å². The Kier molecular flexibility index (Phi) is 6.95. The molecule has 0 amide bonds. The van der Waals surface area contributed by atoms with Crippen molar-refractivity contribution in [3.05, 3.63) is 175 Å². The van der Waals surface area contributed by atoms with Gasteiger partial charge in [0.15, 0.2) is 0 Å². The molecule has 57 heavy (non-hydrogen) atoms. The van der Waals surface area contributed by atoms with Gasteiger partial charge < -0.3 is 18.0 Å². The van der Waals surface area contributed by atoms with Crippen LogP contribution in [0.2, 0.25) is 0 Å². The molecular formula is C51H30N4O2. The van der Waals surface area contributed by atoms with E-state index in [4.69, 9.17) is 8.83 Å². The van der Waals surface area contributed by atoms with Crippen molar-refractivity contribution < 1.29 is 8.83 Å². The van der Waals surface area contributed by atoms with Crippen molar-refractivity contribution in [2.45, 2.75) is 6.92 Å². The minimum Gasteiger partial charge on any atom is -0.460 e. The van der Waals surface area contributed by atoms with E-state index in [1.54, 1.807) is 6.08 Å². The third-order valence-electron chi connectivity index (χ3n) is 11.3. The summed E-state index contributed by atoms with van der Waals surface area (Å²) in [6.45, 7) is 5.72. The number of furan rings is 2. The Labute approximate surface area is 326 Å². The smallest absolute Gasteiger partial charge is 0.145 e. The molecule has 4 aromatic heterocycles. The molecule has 0 saturated carbocycles. The highest BCUT2D eigenvalue weighted by Crippen LogP contribution is 2.43. The largest absolute Gasteiger partial charge is 0.460 e. The molecular weight excluding hydrogens is 701 g/mol. The number of aryl methyl sites for hydroxylation is 1. The summed E-state index contributed by atoms with van der Waals surface area (Å²) in [7, 11) is 0. The van der Waals surface area contributed by atoms with Gasteiger partial charge in [0.25, 0.3) is 0 Å². The number of benzene rings is 7. The molecule has 0 radical (unpaired) electrons. The Balaban J connectivity index is 1.11. The monoisotopic (exact) mass is 730 g/mol. The van der Waals surface area contributed by atoms with Crippen LogP contribution in [0.15, 0.2) is 167 Å². The number of para-hydroxylation sites is 3. The molecule has 0 aliphatic heterocycles. The topological polar surface area (TPSA) is 83.7 Å². The number of aromatic nitrogens is 2. The first-order valence-electron chi connectivity index (χ1n) is 18.7. The molecule has 7 aromatic carbocycles. The minimum atomic E-state index is 0.467. The number of nitrogens with zero attached hydrogens (tertiary/aromatic N) is 4. The van der Waals surface area contributed by atoms with Crippen LogP contribution in [0, 0.1) is 29.6 Å². The van der Waals surface area contributed by atoms with Crippen LogP contribution >= 0.6 is 0 Å². The summed E-state index contributed by atoms with van der Waals surface area (Å²) in [5, 5.41) is 27.4. The van der Waals surface area contributed by atoms with Crippen LogP contribution in [0.25, 0.3) is 105 Å². The van der Waals surface area contributed by atoms with E-state index in [-0.39, 0.29) is 0 Å². The van der Waals surface area contributed by atoms with Gasteiger partial charge in [-0.1, -0.05) is 79.4 Å². The van der Waals surface area contributed by atoms with E-state index in [1.165, 1.54) is 0 Å². The highest BCUT2D eigenvalue weighted by Gasteiger charge is 2.22. The second kappa shape index (κ2) is 12.2. The zero-order chi connectivity index (χ0) is 38.4. The third kappa shape index (κ3) is 4.69. The number of allylic oxidation sites excluding steroid dienone is 2. The van der Waals surface area contributed by atoms with Gasteiger partial charge >= 0.3 is 0 Å². The van der Waals surface area contributed by atoms with Gasteiger partial charge in [0.1, 0.15) is 22.5 Å². The lowest BCUT2D eigenvalue weighted by Gasteiger charge is -2.13. The Morgan fingerprint density at radius 2 is 1.21 bits per heavy atom. The molecule has 266 valence electrons. The molecule has 0 unspecified atom stereocenters. The predicted octanol–water partition coefficient (Wildman–Crippen LogP) is 13.5. The first kappa shape index (κ1) is 32.4. The van der Waals surface area contributed by atoms with Crippen molar-refractivity contribution in [2.24, 2.45) is 0 Å². The molecule has 0 bridgehead atoms. The quantitative estimate of drug-likeness (QED) is 0.130. The Morgan fingerprint density at radius 1 is 0.579 bits per heavy atom. The molecule has 0 aliphatic carbocycles. The molecule has 4 heterocycles. The van der Waals surface area contributed by atoms with Crippen LogP contribution in [0.4, 0.5) is 0 Å². The highest BCUT2D eigenvalue weighted by atomic mass is 16.3. The maximum absolute atomic E-state index is 10.4. The van der Waals surface area contributed by atoms with Gasteiger partial charge in [0, 0.05) is 43.9 Å². The molecule has 0 aliphatic rings. The van der Waals surface area contributed by atoms with E-state index in [9.17, 15) is 10.5 Å². The molecule has 0 atom stereocenters. The molecule has 0 spiro atoms. The Hall–Kier alpha value is -8.06. The fourth-order valence-electron chi connectivity index (χ4n) is 8.80. The van der Waals surface area contributed by atoms with Crippen LogP contribution < -0.4 is 0 Å². The van der Waals surface area contributed by atoms with E-state index in [2.05, 4.69) is 131 Å². The van der Waals surface area contributed by atoms with E-state index in [1.807, 2.05) is 49.4 Å². The standard InChI is InChI=1S/C51H30N4O2/c1-3-31(28-52)25-42-30(2)56-50-39(42)20-22-46-48(50)41-15-5-8-17-44(41)55(46)36-24-32(29-53)23-34(27-36)33-11-10-12-35(26-33)54-43-16-7-4-14-40(43)49-45(54)21-19-38-37-13-6-9-18-47(37)57-51(38)49/h3-27H,1H2,2H3/b31-25+. The Bertz CT molecular complexity index is 3650. The molecule has 11 aromatic rings. The number of fused-ring (bicyclic) bond motifs is 12. The van der Waals surface area contributed by atoms with Crippen molar-refractivity contribution >= 4 is 82.6 Å². The summed E-state index contributed by atoms with van der Waals surface area (Å²) in [5.74, 6) is 0.725. The predicted molar refractivity (Wildman–Crippen MR) is 231 cm³/mol. The van der Waals surface area contributed by atoms with Crippen LogP contribution in [0.5, 0.6) is 0 Å². The van der Waals surface area contributed by atoms with Gasteiger partial charge in [-0.05, 0) is 96.9 Å². The molecule has 0 saturated heterocycles. The van der Waals surface area contributed by atoms with E-state index in [0.29, 0.717) is 11.1 Å². The zero-order valence-electron chi connectivity index (χ0n) is 30.7. The van der Waals surface area contributed by atoms with Gasteiger partial charge in [-0.15, -0.1) is 0 Å². The van der Waals surface area contributed by atoms with Gasteiger partial charge in [-0.25, -0.2) is 0 Å². The summed E-state index contributed by atoms with van der Waals surface area (Å²) >= 11 is 0. The fraction of sp³-hybridized carbons (Fsp3) is 0.0196. The van der Waals surface area contributed by atoms with Crippen LogP contribution in [0.1, 0.15) is 16.9 Å². The van der Waals surface area contributed by atoms with Crippen LogP contribution in [-0.2, 0) is 0 Å². The van der Waals surface area contributed by atoms with Crippen LogP contribution in [0.3, 0.4) is 0 Å². The normalized spacial score (nSPS) is 12.1. The lowest BCUT2D eigenvalue weighted by molar-refractivity contribution is 0.580. The van der Waals surface area contributed by atoms with Crippen molar-refractivity contribution in [1.29, 1.82) is 10.5 Å². The first-order valence-corrected chi connectivity index (χ1v) is 18.7. The second-order valence-electron chi connectivity index (χ2n) is 14.4. The van der Waals surface area contributed by atoms with E-state index < -0.39 is 0 Å². The Morgan fingerprint density at radius 3 is 1.91 bits per heavy atom. The second-order valence-corrected chi connectivity index (χ2v) is 14.4. The summed E-state index contributed by atoms with van der Waals surface area (Å²) in [6.07, 6.45) is 3.38. The lowest BCUT2D eigenvalue weighted by atomic mass is 10.0. The van der Waals surface area contributed by atoms with Gasteiger partial charge in [0.2, 0.25) is 0 Å². The third-order valence-corrected chi connectivity index (χ3v) is 11.3. The number of rotatable bonds is 5. The summed E-state index contributed by atoms with van der Waals surface area (Å²) in [6, 6.07) is 52.7. The van der Waals surface area contributed by atoms with Gasteiger partial charge in [0.05, 0.1) is 56.1 Å². The molecule has 11 rings (SSSR count). The maximum Gasteiger partial charge on any atom is 0.145 e. The SMILES string of the molecule is C=C/C(C#N)=C\c1c(C)oc2c1ccc1c2c2ccccc2n1-c1cc(C#N)cc(-c2cccc(-n3c4ccccc4c4c5oc6ccccc6c5ccc43)c2)c1. The molecule has 6 nitrogen and oxygen atoms in total. The number of hydrogen-bond acceptors (Lipinski definition) is 4. The maximum atomic E-state index is 10.4. The highest BCUT2D eigenvalue weighted by molar-refractivity contribution is 6.24. The molecule has 0 N–H and O–H groups in total. The summed E-state index contributed by atoms with van der Waals surface area (Å²) in [4.78, 5) is 0. The fourth-order valence-corrected chi connectivity index (χ4v) is 8.80. The molecule has 0 fully saturated rings.